The Balaban J connectivity index is 2.03. The van der Waals surface area contributed by atoms with Gasteiger partial charge in [-0.1, -0.05) is 16.4 Å². The third kappa shape index (κ3) is 3.69. The van der Waals surface area contributed by atoms with Crippen molar-refractivity contribution < 1.29 is 14.5 Å². The van der Waals surface area contributed by atoms with E-state index in [1.807, 2.05) is 6.07 Å². The molecule has 0 aliphatic rings. The topological polar surface area (TPSA) is 119 Å². The van der Waals surface area contributed by atoms with Crippen LogP contribution >= 0.6 is 0 Å². The highest BCUT2D eigenvalue weighted by Crippen LogP contribution is 2.19. The van der Waals surface area contributed by atoms with Gasteiger partial charge in [0, 0.05) is 13.5 Å². The van der Waals surface area contributed by atoms with E-state index < -0.39 is 0 Å². The maximum atomic E-state index is 8.79. The van der Waals surface area contributed by atoms with Gasteiger partial charge >= 0.3 is 0 Å². The first-order valence-corrected chi connectivity index (χ1v) is 6.28. The standard InChI is InChI=1S/C13H17N5O3/c1-8-16-12(18-21-8)7-15-6-9-3-4-11(20-2)10(5-9)13(14)17-19/h3-5,15,19H,6-7H2,1-2H3,(H2,14,17). The number of nitrogens with two attached hydrogens (primary N) is 1. The van der Waals surface area contributed by atoms with Crippen LogP contribution in [0.25, 0.3) is 0 Å². The minimum absolute atomic E-state index is 0.00231. The molecule has 0 saturated carbocycles. The van der Waals surface area contributed by atoms with Gasteiger partial charge in [0.05, 0.1) is 19.2 Å². The number of aromatic nitrogens is 2. The van der Waals surface area contributed by atoms with Gasteiger partial charge in [-0.15, -0.1) is 0 Å². The van der Waals surface area contributed by atoms with E-state index >= 15 is 0 Å². The van der Waals surface area contributed by atoms with Crippen LogP contribution < -0.4 is 15.8 Å². The molecule has 0 fully saturated rings. The van der Waals surface area contributed by atoms with E-state index in [0.29, 0.717) is 36.1 Å². The molecule has 1 aromatic carbocycles. The molecular weight excluding hydrogens is 274 g/mol. The average Bonchev–Trinajstić information content (AvgIpc) is 2.91. The molecule has 0 amide bonds. The summed E-state index contributed by atoms with van der Waals surface area (Å²) in [5, 5.41) is 18.8. The Morgan fingerprint density at radius 2 is 2.29 bits per heavy atom. The molecule has 4 N–H and O–H groups in total. The molecule has 1 heterocycles. The highest BCUT2D eigenvalue weighted by atomic mass is 16.5. The van der Waals surface area contributed by atoms with E-state index in [0.717, 1.165) is 5.56 Å². The Kier molecular flexibility index (Phi) is 4.72. The highest BCUT2D eigenvalue weighted by molar-refractivity contribution is 5.99. The minimum Gasteiger partial charge on any atom is -0.496 e. The third-order valence-electron chi connectivity index (χ3n) is 2.83. The Bertz CT molecular complexity index is 638. The zero-order chi connectivity index (χ0) is 15.2. The second-order valence-electron chi connectivity index (χ2n) is 4.35. The van der Waals surface area contributed by atoms with Crippen LogP contribution in [0.1, 0.15) is 22.8 Å². The SMILES string of the molecule is COc1ccc(CNCc2noc(C)n2)cc1/C(N)=N/O. The van der Waals surface area contributed by atoms with Crippen molar-refractivity contribution in [1.82, 2.24) is 15.5 Å². The molecule has 112 valence electrons. The first kappa shape index (κ1) is 14.8. The number of ether oxygens (including phenoxy) is 1. The summed E-state index contributed by atoms with van der Waals surface area (Å²) in [5.74, 6) is 1.67. The minimum atomic E-state index is 0.00231. The van der Waals surface area contributed by atoms with E-state index in [9.17, 15) is 0 Å². The lowest BCUT2D eigenvalue weighted by Crippen LogP contribution is -2.17. The van der Waals surface area contributed by atoms with Crippen molar-refractivity contribution in [1.29, 1.82) is 0 Å². The van der Waals surface area contributed by atoms with Gasteiger partial charge in [-0.05, 0) is 17.7 Å². The number of nitrogens with zero attached hydrogens (tertiary/aromatic N) is 3. The fraction of sp³-hybridized carbons (Fsp3) is 0.308. The largest absolute Gasteiger partial charge is 0.496 e. The summed E-state index contributed by atoms with van der Waals surface area (Å²) in [5.41, 5.74) is 7.12. The van der Waals surface area contributed by atoms with E-state index in [1.165, 1.54) is 7.11 Å². The maximum absolute atomic E-state index is 8.79. The third-order valence-corrected chi connectivity index (χ3v) is 2.83. The predicted molar refractivity (Wildman–Crippen MR) is 75.1 cm³/mol. The van der Waals surface area contributed by atoms with Gasteiger partial charge in [-0.3, -0.25) is 0 Å². The summed E-state index contributed by atoms with van der Waals surface area (Å²) in [6, 6.07) is 5.45. The number of aryl methyl sites for hydroxylation is 1. The van der Waals surface area contributed by atoms with Gasteiger partial charge in [-0.2, -0.15) is 4.98 Å². The number of methoxy groups -OCH3 is 1. The monoisotopic (exact) mass is 291 g/mol. The Morgan fingerprint density at radius 3 is 2.90 bits per heavy atom. The van der Waals surface area contributed by atoms with Gasteiger partial charge in [0.2, 0.25) is 5.89 Å². The number of hydrogen-bond acceptors (Lipinski definition) is 7. The molecule has 2 rings (SSSR count). The molecule has 0 saturated heterocycles. The lowest BCUT2D eigenvalue weighted by atomic mass is 10.1. The molecule has 0 radical (unpaired) electrons. The molecule has 2 aromatic rings. The first-order valence-electron chi connectivity index (χ1n) is 6.28. The van der Waals surface area contributed by atoms with Crippen molar-refractivity contribution in [2.24, 2.45) is 10.9 Å². The van der Waals surface area contributed by atoms with Crippen LogP contribution in [-0.2, 0) is 13.1 Å². The molecule has 8 nitrogen and oxygen atoms in total. The molecule has 0 aliphatic heterocycles. The van der Waals surface area contributed by atoms with Crippen LogP contribution in [0.3, 0.4) is 0 Å². The predicted octanol–water partition coefficient (Wildman–Crippen LogP) is 0.771. The fourth-order valence-electron chi connectivity index (χ4n) is 1.85. The van der Waals surface area contributed by atoms with Crippen molar-refractivity contribution in [3.05, 3.63) is 41.0 Å². The second-order valence-corrected chi connectivity index (χ2v) is 4.35. The number of oxime groups is 1. The smallest absolute Gasteiger partial charge is 0.223 e. The number of benzene rings is 1. The van der Waals surface area contributed by atoms with Crippen LogP contribution in [0.4, 0.5) is 0 Å². The van der Waals surface area contributed by atoms with Crippen molar-refractivity contribution in [3.8, 4) is 5.75 Å². The Morgan fingerprint density at radius 1 is 1.48 bits per heavy atom. The van der Waals surface area contributed by atoms with Crippen LogP contribution in [0.15, 0.2) is 27.9 Å². The lowest BCUT2D eigenvalue weighted by Gasteiger charge is -2.10. The molecule has 21 heavy (non-hydrogen) atoms. The highest BCUT2D eigenvalue weighted by Gasteiger charge is 2.09. The summed E-state index contributed by atoms with van der Waals surface area (Å²) in [6.07, 6.45) is 0. The van der Waals surface area contributed by atoms with E-state index in [2.05, 4.69) is 20.6 Å². The normalized spacial score (nSPS) is 11.6. The summed E-state index contributed by atoms with van der Waals surface area (Å²) in [7, 11) is 1.53. The Hall–Kier alpha value is -2.61. The van der Waals surface area contributed by atoms with E-state index in [1.54, 1.807) is 19.1 Å². The first-order chi connectivity index (χ1) is 10.1. The van der Waals surface area contributed by atoms with Crippen LogP contribution in [0.2, 0.25) is 0 Å². The summed E-state index contributed by atoms with van der Waals surface area (Å²) >= 11 is 0. The zero-order valence-corrected chi connectivity index (χ0v) is 11.8. The molecule has 0 unspecified atom stereocenters. The van der Waals surface area contributed by atoms with Crippen LogP contribution in [-0.4, -0.2) is 28.3 Å². The summed E-state index contributed by atoms with van der Waals surface area (Å²) in [6.45, 7) is 2.80. The van der Waals surface area contributed by atoms with Crippen molar-refractivity contribution >= 4 is 5.84 Å². The quantitative estimate of drug-likeness (QED) is 0.311. The van der Waals surface area contributed by atoms with Gasteiger partial charge in [0.25, 0.3) is 0 Å². The molecule has 0 spiro atoms. The maximum Gasteiger partial charge on any atom is 0.223 e. The molecule has 0 aliphatic carbocycles. The molecule has 8 heteroatoms. The van der Waals surface area contributed by atoms with Gasteiger partial charge in [-0.25, -0.2) is 0 Å². The molecule has 1 aromatic heterocycles. The second kappa shape index (κ2) is 6.71. The van der Waals surface area contributed by atoms with Crippen molar-refractivity contribution in [3.63, 3.8) is 0 Å². The average molecular weight is 291 g/mol. The molecule has 0 bridgehead atoms. The van der Waals surface area contributed by atoms with Crippen molar-refractivity contribution in [2.45, 2.75) is 20.0 Å². The fourth-order valence-corrected chi connectivity index (χ4v) is 1.85. The lowest BCUT2D eigenvalue weighted by molar-refractivity contribution is 0.318. The number of rotatable bonds is 6. The van der Waals surface area contributed by atoms with E-state index in [4.69, 9.17) is 20.2 Å². The number of amidine groups is 1. The van der Waals surface area contributed by atoms with E-state index in [-0.39, 0.29) is 5.84 Å². The Labute approximate surface area is 121 Å². The summed E-state index contributed by atoms with van der Waals surface area (Å²) < 4.78 is 10.1. The van der Waals surface area contributed by atoms with Crippen LogP contribution in [0, 0.1) is 6.92 Å². The van der Waals surface area contributed by atoms with Gasteiger partial charge in [0.1, 0.15) is 5.75 Å². The zero-order valence-electron chi connectivity index (χ0n) is 11.8. The van der Waals surface area contributed by atoms with Crippen molar-refractivity contribution in [2.75, 3.05) is 7.11 Å². The molecule has 0 atom stereocenters. The van der Waals surface area contributed by atoms with Gasteiger partial charge < -0.3 is 25.5 Å². The molecular formula is C13H17N5O3. The van der Waals surface area contributed by atoms with Gasteiger partial charge in [0.15, 0.2) is 11.7 Å². The summed E-state index contributed by atoms with van der Waals surface area (Å²) in [4.78, 5) is 4.10. The number of hydrogen-bond donors (Lipinski definition) is 3. The van der Waals surface area contributed by atoms with Crippen LogP contribution in [0.5, 0.6) is 5.75 Å². The number of nitrogens with one attached hydrogen (secondary N) is 1.